The van der Waals surface area contributed by atoms with E-state index in [-0.39, 0.29) is 11.6 Å². The van der Waals surface area contributed by atoms with Crippen LogP contribution in [0.3, 0.4) is 0 Å². The maximum absolute atomic E-state index is 11.6. The molecule has 0 aromatic heterocycles. The van der Waals surface area contributed by atoms with E-state index in [0.29, 0.717) is 6.42 Å². The zero-order chi connectivity index (χ0) is 15.6. The molecule has 0 spiro atoms. The third-order valence-electron chi connectivity index (χ3n) is 3.18. The minimum atomic E-state index is -0.364. The van der Waals surface area contributed by atoms with Gasteiger partial charge in [-0.1, -0.05) is 0 Å². The molecular formula is C16H34NO3+. The fourth-order valence-electron chi connectivity index (χ4n) is 2.13. The summed E-state index contributed by atoms with van der Waals surface area (Å²) >= 11 is 0. The molecule has 0 rings (SSSR count). The fourth-order valence-corrected chi connectivity index (χ4v) is 2.13. The molecule has 0 heterocycles. The van der Waals surface area contributed by atoms with E-state index < -0.39 is 0 Å². The Morgan fingerprint density at radius 2 is 1.60 bits per heavy atom. The van der Waals surface area contributed by atoms with Crippen molar-refractivity contribution in [3.63, 3.8) is 0 Å². The van der Waals surface area contributed by atoms with Crippen molar-refractivity contribution in [2.45, 2.75) is 58.5 Å². The Kier molecular flexibility index (Phi) is 9.06. The lowest BCUT2D eigenvalue weighted by Gasteiger charge is -2.29. The first kappa shape index (κ1) is 19.4. The smallest absolute Gasteiger partial charge is 0.306 e. The SMILES string of the molecule is COCCC[N+](C)(C)CCCCCC(=O)OC(C)(C)C. The van der Waals surface area contributed by atoms with E-state index in [1.807, 2.05) is 20.8 Å². The van der Waals surface area contributed by atoms with Gasteiger partial charge in [0.1, 0.15) is 5.60 Å². The van der Waals surface area contributed by atoms with Crippen molar-refractivity contribution in [3.8, 4) is 0 Å². The number of nitrogens with zero attached hydrogens (tertiary/aromatic N) is 1. The monoisotopic (exact) mass is 288 g/mol. The van der Waals surface area contributed by atoms with Crippen molar-refractivity contribution in [1.29, 1.82) is 0 Å². The number of carbonyl (C=O) groups is 1. The number of quaternary nitrogens is 1. The number of carbonyl (C=O) groups excluding carboxylic acids is 1. The van der Waals surface area contributed by atoms with Crippen LogP contribution in [0.4, 0.5) is 0 Å². The van der Waals surface area contributed by atoms with E-state index in [2.05, 4.69) is 14.1 Å². The standard InChI is InChI=1S/C16H34NO3/c1-16(2,3)20-15(18)11-8-7-9-12-17(4,5)13-10-14-19-6/h7-14H2,1-6H3/q+1. The second kappa shape index (κ2) is 9.35. The quantitative estimate of drug-likeness (QED) is 0.352. The second-order valence-electron chi connectivity index (χ2n) is 7.13. The maximum atomic E-state index is 11.6. The maximum Gasteiger partial charge on any atom is 0.306 e. The van der Waals surface area contributed by atoms with Crippen molar-refractivity contribution in [2.75, 3.05) is 40.9 Å². The molecule has 0 unspecified atom stereocenters. The minimum absolute atomic E-state index is 0.0775. The van der Waals surface area contributed by atoms with Gasteiger partial charge < -0.3 is 14.0 Å². The van der Waals surface area contributed by atoms with Crippen molar-refractivity contribution in [3.05, 3.63) is 0 Å². The molecule has 0 saturated heterocycles. The van der Waals surface area contributed by atoms with E-state index in [4.69, 9.17) is 9.47 Å². The van der Waals surface area contributed by atoms with E-state index in [1.165, 1.54) is 0 Å². The Morgan fingerprint density at radius 3 is 2.15 bits per heavy atom. The molecule has 0 aromatic carbocycles. The molecule has 0 aromatic rings. The van der Waals surface area contributed by atoms with Crippen molar-refractivity contribution >= 4 is 5.97 Å². The third-order valence-corrected chi connectivity index (χ3v) is 3.18. The first-order chi connectivity index (χ1) is 9.16. The van der Waals surface area contributed by atoms with Gasteiger partial charge in [-0.25, -0.2) is 0 Å². The Morgan fingerprint density at radius 1 is 1.00 bits per heavy atom. The number of esters is 1. The number of rotatable bonds is 10. The van der Waals surface area contributed by atoms with Gasteiger partial charge in [-0.15, -0.1) is 0 Å². The Hall–Kier alpha value is -0.610. The summed E-state index contributed by atoms with van der Waals surface area (Å²) < 4.78 is 11.4. The summed E-state index contributed by atoms with van der Waals surface area (Å²) in [5, 5.41) is 0. The van der Waals surface area contributed by atoms with Crippen LogP contribution in [-0.2, 0) is 14.3 Å². The van der Waals surface area contributed by atoms with Crippen LogP contribution in [0.25, 0.3) is 0 Å². The summed E-state index contributed by atoms with van der Waals surface area (Å²) in [7, 11) is 6.25. The molecule has 0 fully saturated rings. The molecule has 0 N–H and O–H groups in total. The highest BCUT2D eigenvalue weighted by molar-refractivity contribution is 5.69. The highest BCUT2D eigenvalue weighted by atomic mass is 16.6. The van der Waals surface area contributed by atoms with E-state index in [9.17, 15) is 4.79 Å². The lowest BCUT2D eigenvalue weighted by atomic mass is 10.1. The summed E-state index contributed by atoms with van der Waals surface area (Å²) in [4.78, 5) is 11.6. The molecule has 0 aliphatic rings. The molecule has 0 amide bonds. The molecule has 4 heteroatoms. The Bertz CT molecular complexity index is 269. The number of ether oxygens (including phenoxy) is 2. The van der Waals surface area contributed by atoms with Crippen molar-refractivity contribution in [2.24, 2.45) is 0 Å². The molecule has 0 radical (unpaired) electrons. The lowest BCUT2D eigenvalue weighted by Crippen LogP contribution is -2.41. The van der Waals surface area contributed by atoms with Crippen LogP contribution in [0.5, 0.6) is 0 Å². The molecule has 0 aliphatic heterocycles. The largest absolute Gasteiger partial charge is 0.460 e. The third kappa shape index (κ3) is 12.4. The van der Waals surface area contributed by atoms with Crippen LogP contribution >= 0.6 is 0 Å². The lowest BCUT2D eigenvalue weighted by molar-refractivity contribution is -0.890. The summed E-state index contributed by atoms with van der Waals surface area (Å²) in [5.74, 6) is -0.0775. The molecule has 0 aliphatic carbocycles. The van der Waals surface area contributed by atoms with E-state index in [0.717, 1.165) is 49.9 Å². The molecule has 120 valence electrons. The highest BCUT2D eigenvalue weighted by Crippen LogP contribution is 2.11. The van der Waals surface area contributed by atoms with Gasteiger partial charge in [0, 0.05) is 20.0 Å². The summed E-state index contributed by atoms with van der Waals surface area (Å²) in [6.45, 7) is 8.85. The number of methoxy groups -OCH3 is 1. The van der Waals surface area contributed by atoms with Crippen LogP contribution in [0.15, 0.2) is 0 Å². The van der Waals surface area contributed by atoms with E-state index >= 15 is 0 Å². The van der Waals surface area contributed by atoms with Crippen LogP contribution in [0.1, 0.15) is 52.9 Å². The first-order valence-corrected chi connectivity index (χ1v) is 7.69. The van der Waals surface area contributed by atoms with E-state index in [1.54, 1.807) is 7.11 Å². The van der Waals surface area contributed by atoms with Gasteiger partial charge in [-0.3, -0.25) is 4.79 Å². The molecule has 20 heavy (non-hydrogen) atoms. The predicted octanol–water partition coefficient (Wildman–Crippen LogP) is 3.00. The molecule has 0 saturated carbocycles. The summed E-state index contributed by atoms with van der Waals surface area (Å²) in [6.07, 6.45) is 4.80. The zero-order valence-electron chi connectivity index (χ0n) is 14.3. The normalized spacial score (nSPS) is 12.5. The number of unbranched alkanes of at least 4 members (excludes halogenated alkanes) is 2. The zero-order valence-corrected chi connectivity index (χ0v) is 14.3. The van der Waals surface area contributed by atoms with Crippen LogP contribution < -0.4 is 0 Å². The topological polar surface area (TPSA) is 35.5 Å². The Balaban J connectivity index is 3.63. The molecule has 0 atom stereocenters. The van der Waals surface area contributed by atoms with Crippen LogP contribution in [0, 0.1) is 0 Å². The minimum Gasteiger partial charge on any atom is -0.460 e. The average Bonchev–Trinajstić information content (AvgIpc) is 2.26. The first-order valence-electron chi connectivity index (χ1n) is 7.69. The second-order valence-corrected chi connectivity index (χ2v) is 7.13. The van der Waals surface area contributed by atoms with Crippen molar-refractivity contribution < 1.29 is 18.8 Å². The summed E-state index contributed by atoms with van der Waals surface area (Å²) in [6, 6.07) is 0. The highest BCUT2D eigenvalue weighted by Gasteiger charge is 2.16. The average molecular weight is 288 g/mol. The number of hydrogen-bond donors (Lipinski definition) is 0. The number of hydrogen-bond acceptors (Lipinski definition) is 3. The van der Waals surface area contributed by atoms with Gasteiger partial charge in [0.25, 0.3) is 0 Å². The van der Waals surface area contributed by atoms with Gasteiger partial charge in [-0.05, 0) is 40.0 Å². The van der Waals surface area contributed by atoms with Gasteiger partial charge in [0.2, 0.25) is 0 Å². The van der Waals surface area contributed by atoms with Gasteiger partial charge in [0.05, 0.1) is 33.8 Å². The Labute approximate surface area is 125 Å². The fraction of sp³-hybridized carbons (Fsp3) is 0.938. The van der Waals surface area contributed by atoms with Gasteiger partial charge in [-0.2, -0.15) is 0 Å². The molecule has 0 bridgehead atoms. The molecule has 4 nitrogen and oxygen atoms in total. The van der Waals surface area contributed by atoms with Crippen molar-refractivity contribution in [1.82, 2.24) is 0 Å². The van der Waals surface area contributed by atoms with Gasteiger partial charge >= 0.3 is 5.97 Å². The van der Waals surface area contributed by atoms with Crippen LogP contribution in [-0.4, -0.2) is 57.0 Å². The van der Waals surface area contributed by atoms with Gasteiger partial charge in [0.15, 0.2) is 0 Å². The summed E-state index contributed by atoms with van der Waals surface area (Å²) in [5.41, 5.74) is -0.364. The predicted molar refractivity (Wildman–Crippen MR) is 82.6 cm³/mol. The molecular weight excluding hydrogens is 254 g/mol. The van der Waals surface area contributed by atoms with Crippen LogP contribution in [0.2, 0.25) is 0 Å².